The van der Waals surface area contributed by atoms with Gasteiger partial charge in [-0.3, -0.25) is 9.59 Å². The number of benzene rings is 2. The first-order chi connectivity index (χ1) is 12.5. The minimum absolute atomic E-state index is 0.0245. The molecule has 2 rings (SSSR count). The van der Waals surface area contributed by atoms with Crippen LogP contribution in [0.2, 0.25) is 0 Å². The molecular formula is C21H26N2O2S. The van der Waals surface area contributed by atoms with Gasteiger partial charge in [0, 0.05) is 19.3 Å². The van der Waals surface area contributed by atoms with Crippen LogP contribution >= 0.6 is 11.8 Å². The van der Waals surface area contributed by atoms with Crippen LogP contribution in [0.3, 0.4) is 0 Å². The summed E-state index contributed by atoms with van der Waals surface area (Å²) >= 11 is 1.58. The first kappa shape index (κ1) is 20.0. The van der Waals surface area contributed by atoms with Crippen molar-refractivity contribution in [1.82, 2.24) is 10.2 Å². The van der Waals surface area contributed by atoms with E-state index < -0.39 is 6.04 Å². The van der Waals surface area contributed by atoms with E-state index in [1.807, 2.05) is 42.5 Å². The highest BCUT2D eigenvalue weighted by atomic mass is 32.2. The van der Waals surface area contributed by atoms with Crippen LogP contribution in [-0.4, -0.2) is 35.6 Å². The van der Waals surface area contributed by atoms with Crippen LogP contribution in [0, 0.1) is 6.92 Å². The molecule has 1 N–H and O–H groups in total. The third-order valence-electron chi connectivity index (χ3n) is 4.35. The van der Waals surface area contributed by atoms with Crippen LogP contribution in [0.1, 0.15) is 23.6 Å². The average Bonchev–Trinajstić information content (AvgIpc) is 2.67. The summed E-state index contributed by atoms with van der Waals surface area (Å²) in [5.41, 5.74) is 3.48. The molecule has 26 heavy (non-hydrogen) atoms. The Balaban J connectivity index is 2.02. The Morgan fingerprint density at radius 1 is 1.08 bits per heavy atom. The van der Waals surface area contributed by atoms with E-state index >= 15 is 0 Å². The van der Waals surface area contributed by atoms with Gasteiger partial charge in [-0.2, -0.15) is 0 Å². The molecule has 4 nitrogen and oxygen atoms in total. The van der Waals surface area contributed by atoms with Crippen LogP contribution in [-0.2, 0) is 21.9 Å². The SMILES string of the molecule is CNC(=O)C(C)N(Cc1ccccc1)C(=O)CSCc1ccccc1C. The highest BCUT2D eigenvalue weighted by Crippen LogP contribution is 2.18. The highest BCUT2D eigenvalue weighted by Gasteiger charge is 2.25. The van der Waals surface area contributed by atoms with Gasteiger partial charge in [-0.1, -0.05) is 54.6 Å². The van der Waals surface area contributed by atoms with Crippen LogP contribution in [0.15, 0.2) is 54.6 Å². The lowest BCUT2D eigenvalue weighted by molar-refractivity contribution is -0.138. The molecule has 0 aliphatic carbocycles. The van der Waals surface area contributed by atoms with Crippen molar-refractivity contribution in [2.75, 3.05) is 12.8 Å². The number of nitrogens with one attached hydrogen (secondary N) is 1. The predicted octanol–water partition coefficient (Wildman–Crippen LogP) is 3.39. The lowest BCUT2D eigenvalue weighted by Gasteiger charge is -2.28. The number of aryl methyl sites for hydroxylation is 1. The molecule has 2 amide bonds. The first-order valence-corrected chi connectivity index (χ1v) is 9.85. The van der Waals surface area contributed by atoms with E-state index in [4.69, 9.17) is 0 Å². The summed E-state index contributed by atoms with van der Waals surface area (Å²) in [6, 6.07) is 17.4. The normalized spacial score (nSPS) is 11.7. The lowest BCUT2D eigenvalue weighted by Crippen LogP contribution is -2.47. The van der Waals surface area contributed by atoms with Gasteiger partial charge in [-0.05, 0) is 30.5 Å². The molecule has 2 aromatic rings. The van der Waals surface area contributed by atoms with Gasteiger partial charge in [-0.15, -0.1) is 11.8 Å². The molecule has 0 spiro atoms. The Bertz CT molecular complexity index is 734. The van der Waals surface area contributed by atoms with Gasteiger partial charge >= 0.3 is 0 Å². The minimum atomic E-state index is -0.508. The quantitative estimate of drug-likeness (QED) is 0.775. The van der Waals surface area contributed by atoms with Gasteiger partial charge < -0.3 is 10.2 Å². The number of hydrogen-bond acceptors (Lipinski definition) is 3. The summed E-state index contributed by atoms with van der Waals surface area (Å²) in [4.78, 5) is 26.5. The Kier molecular flexibility index (Phi) is 7.73. The number of likely N-dealkylation sites (N-methyl/N-ethyl adjacent to an activating group) is 1. The molecule has 0 heterocycles. The number of nitrogens with zero attached hydrogens (tertiary/aromatic N) is 1. The smallest absolute Gasteiger partial charge is 0.242 e. The van der Waals surface area contributed by atoms with Gasteiger partial charge in [0.25, 0.3) is 0 Å². The minimum Gasteiger partial charge on any atom is -0.357 e. The fourth-order valence-corrected chi connectivity index (χ4v) is 3.66. The van der Waals surface area contributed by atoms with Crippen molar-refractivity contribution in [2.24, 2.45) is 0 Å². The summed E-state index contributed by atoms with van der Waals surface area (Å²) in [7, 11) is 1.59. The highest BCUT2D eigenvalue weighted by molar-refractivity contribution is 7.99. The zero-order valence-electron chi connectivity index (χ0n) is 15.6. The van der Waals surface area contributed by atoms with Crippen LogP contribution < -0.4 is 5.32 Å². The number of amides is 2. The van der Waals surface area contributed by atoms with Crippen LogP contribution in [0.5, 0.6) is 0 Å². The topological polar surface area (TPSA) is 49.4 Å². The van der Waals surface area contributed by atoms with E-state index in [-0.39, 0.29) is 11.8 Å². The maximum atomic E-state index is 12.8. The molecular weight excluding hydrogens is 344 g/mol. The molecule has 0 radical (unpaired) electrons. The van der Waals surface area contributed by atoms with Gasteiger partial charge in [0.15, 0.2) is 0 Å². The Labute approximate surface area is 160 Å². The van der Waals surface area contributed by atoms with Gasteiger partial charge in [0.05, 0.1) is 5.75 Å². The van der Waals surface area contributed by atoms with Crippen molar-refractivity contribution in [3.63, 3.8) is 0 Å². The summed E-state index contributed by atoms with van der Waals surface area (Å²) in [5.74, 6) is 0.954. The van der Waals surface area contributed by atoms with Gasteiger partial charge in [0.2, 0.25) is 11.8 Å². The molecule has 0 aliphatic heterocycles. The summed E-state index contributed by atoms with van der Waals surface area (Å²) in [6.07, 6.45) is 0. The second-order valence-electron chi connectivity index (χ2n) is 6.22. The number of rotatable bonds is 8. The molecule has 2 aromatic carbocycles. The summed E-state index contributed by atoms with van der Waals surface area (Å²) in [6.45, 7) is 4.28. The Morgan fingerprint density at radius 3 is 2.38 bits per heavy atom. The summed E-state index contributed by atoms with van der Waals surface area (Å²) in [5, 5.41) is 2.64. The van der Waals surface area contributed by atoms with Gasteiger partial charge in [0.1, 0.15) is 6.04 Å². The molecule has 0 fully saturated rings. The van der Waals surface area contributed by atoms with Crippen molar-refractivity contribution in [1.29, 1.82) is 0 Å². The van der Waals surface area contributed by atoms with Crippen LogP contribution in [0.4, 0.5) is 0 Å². The lowest BCUT2D eigenvalue weighted by atomic mass is 10.1. The zero-order chi connectivity index (χ0) is 18.9. The van der Waals surface area contributed by atoms with E-state index in [0.29, 0.717) is 12.3 Å². The number of hydrogen-bond donors (Lipinski definition) is 1. The second kappa shape index (κ2) is 10.0. The third kappa shape index (κ3) is 5.63. The third-order valence-corrected chi connectivity index (χ3v) is 5.32. The maximum Gasteiger partial charge on any atom is 0.242 e. The fourth-order valence-electron chi connectivity index (χ4n) is 2.67. The average molecular weight is 371 g/mol. The van der Waals surface area contributed by atoms with E-state index in [2.05, 4.69) is 24.4 Å². The van der Waals surface area contributed by atoms with Gasteiger partial charge in [-0.25, -0.2) is 0 Å². The number of thioether (sulfide) groups is 1. The van der Waals surface area contributed by atoms with Crippen molar-refractivity contribution in [3.05, 3.63) is 71.3 Å². The van der Waals surface area contributed by atoms with Crippen LogP contribution in [0.25, 0.3) is 0 Å². The second-order valence-corrected chi connectivity index (χ2v) is 7.20. The van der Waals surface area contributed by atoms with Crippen molar-refractivity contribution >= 4 is 23.6 Å². The zero-order valence-corrected chi connectivity index (χ0v) is 16.4. The number of carbonyl (C=O) groups is 2. The molecule has 0 aromatic heterocycles. The molecule has 1 unspecified atom stereocenters. The Hall–Kier alpha value is -2.27. The maximum absolute atomic E-state index is 12.8. The van der Waals surface area contributed by atoms with E-state index in [1.165, 1.54) is 11.1 Å². The monoisotopic (exact) mass is 370 g/mol. The molecule has 5 heteroatoms. The predicted molar refractivity (Wildman–Crippen MR) is 108 cm³/mol. The number of carbonyl (C=O) groups excluding carboxylic acids is 2. The van der Waals surface area contributed by atoms with E-state index in [9.17, 15) is 9.59 Å². The first-order valence-electron chi connectivity index (χ1n) is 8.70. The molecule has 0 bridgehead atoms. The Morgan fingerprint density at radius 2 is 1.73 bits per heavy atom. The van der Waals surface area contributed by atoms with E-state index in [1.54, 1.807) is 30.6 Å². The molecule has 138 valence electrons. The molecule has 1 atom stereocenters. The molecule has 0 aliphatic rings. The molecule has 0 saturated heterocycles. The standard InChI is InChI=1S/C21H26N2O2S/c1-16-9-7-8-12-19(16)14-26-15-20(24)23(17(2)21(25)22-3)13-18-10-5-4-6-11-18/h4-12,17H,13-15H2,1-3H3,(H,22,25). The van der Waals surface area contributed by atoms with E-state index in [0.717, 1.165) is 11.3 Å². The van der Waals surface area contributed by atoms with Crippen molar-refractivity contribution in [3.8, 4) is 0 Å². The van der Waals surface area contributed by atoms with Crippen molar-refractivity contribution < 1.29 is 9.59 Å². The largest absolute Gasteiger partial charge is 0.357 e. The molecule has 0 saturated carbocycles. The summed E-state index contributed by atoms with van der Waals surface area (Å²) < 4.78 is 0. The fraction of sp³-hybridized carbons (Fsp3) is 0.333. The van der Waals surface area contributed by atoms with Crippen molar-refractivity contribution in [2.45, 2.75) is 32.2 Å².